The summed E-state index contributed by atoms with van der Waals surface area (Å²) in [6.07, 6.45) is 2.04. The maximum atomic E-state index is 12.4. The van der Waals surface area contributed by atoms with Gasteiger partial charge in [0.05, 0.1) is 6.61 Å². The van der Waals surface area contributed by atoms with Crippen molar-refractivity contribution in [1.82, 2.24) is 19.5 Å². The van der Waals surface area contributed by atoms with Crippen molar-refractivity contribution in [1.29, 1.82) is 0 Å². The average Bonchev–Trinajstić information content (AvgIpc) is 3.19. The second kappa shape index (κ2) is 7.55. The SMILES string of the molecule is O=C(Nc1ncnc2c1ncn2-c1ccc([C@H](O)CO)cc1)c1ccccc1. The van der Waals surface area contributed by atoms with Gasteiger partial charge in [-0.3, -0.25) is 9.36 Å². The molecule has 4 rings (SSSR count). The predicted molar refractivity (Wildman–Crippen MR) is 103 cm³/mol. The van der Waals surface area contributed by atoms with E-state index in [9.17, 15) is 9.90 Å². The van der Waals surface area contributed by atoms with Crippen LogP contribution >= 0.6 is 0 Å². The number of carbonyl (C=O) groups is 1. The van der Waals surface area contributed by atoms with E-state index in [4.69, 9.17) is 5.11 Å². The van der Waals surface area contributed by atoms with Gasteiger partial charge >= 0.3 is 0 Å². The van der Waals surface area contributed by atoms with Crippen LogP contribution in [0.4, 0.5) is 5.82 Å². The van der Waals surface area contributed by atoms with E-state index in [1.54, 1.807) is 59.4 Å². The first-order valence-electron chi connectivity index (χ1n) is 8.61. The number of hydrogen-bond donors (Lipinski definition) is 3. The Bertz CT molecular complexity index is 1110. The van der Waals surface area contributed by atoms with Gasteiger partial charge in [-0.15, -0.1) is 0 Å². The zero-order valence-electron chi connectivity index (χ0n) is 14.7. The second-order valence-electron chi connectivity index (χ2n) is 6.12. The first-order valence-corrected chi connectivity index (χ1v) is 8.61. The topological polar surface area (TPSA) is 113 Å². The van der Waals surface area contributed by atoms with Crippen LogP contribution in [-0.4, -0.2) is 42.2 Å². The van der Waals surface area contributed by atoms with Gasteiger partial charge in [0.2, 0.25) is 0 Å². The molecule has 3 N–H and O–H groups in total. The summed E-state index contributed by atoms with van der Waals surface area (Å²) in [6.45, 7) is -0.342. The van der Waals surface area contributed by atoms with Crippen molar-refractivity contribution in [2.24, 2.45) is 0 Å². The Labute approximate surface area is 160 Å². The minimum absolute atomic E-state index is 0.280. The lowest BCUT2D eigenvalue weighted by molar-refractivity contribution is 0.0956. The molecule has 4 aromatic rings. The number of nitrogens with one attached hydrogen (secondary N) is 1. The molecule has 1 amide bonds. The van der Waals surface area contributed by atoms with Crippen LogP contribution in [0.5, 0.6) is 0 Å². The van der Waals surface area contributed by atoms with Crippen molar-refractivity contribution in [3.05, 3.63) is 78.4 Å². The summed E-state index contributed by atoms with van der Waals surface area (Å²) in [7, 11) is 0. The van der Waals surface area contributed by atoms with Crippen molar-refractivity contribution in [3.63, 3.8) is 0 Å². The van der Waals surface area contributed by atoms with Gasteiger partial charge < -0.3 is 15.5 Å². The van der Waals surface area contributed by atoms with Crippen molar-refractivity contribution in [2.45, 2.75) is 6.10 Å². The van der Waals surface area contributed by atoms with Crippen LogP contribution in [0.25, 0.3) is 16.9 Å². The molecule has 0 aliphatic rings. The molecule has 2 heterocycles. The highest BCUT2D eigenvalue weighted by Crippen LogP contribution is 2.22. The molecule has 0 aliphatic carbocycles. The Kier molecular flexibility index (Phi) is 4.79. The van der Waals surface area contributed by atoms with Crippen molar-refractivity contribution >= 4 is 22.9 Å². The van der Waals surface area contributed by atoms with Crippen LogP contribution in [0.15, 0.2) is 67.3 Å². The van der Waals surface area contributed by atoms with Crippen LogP contribution in [0.2, 0.25) is 0 Å². The van der Waals surface area contributed by atoms with Crippen LogP contribution in [0.3, 0.4) is 0 Å². The molecule has 8 nitrogen and oxygen atoms in total. The highest BCUT2D eigenvalue weighted by molar-refractivity contribution is 6.06. The Hall–Kier alpha value is -3.62. The number of fused-ring (bicyclic) bond motifs is 1. The second-order valence-corrected chi connectivity index (χ2v) is 6.12. The van der Waals surface area contributed by atoms with E-state index in [1.807, 2.05) is 6.07 Å². The molecule has 0 spiro atoms. The molecular weight excluding hydrogens is 358 g/mol. The first-order chi connectivity index (χ1) is 13.7. The Morgan fingerprint density at radius 3 is 2.50 bits per heavy atom. The maximum absolute atomic E-state index is 12.4. The van der Waals surface area contributed by atoms with Gasteiger partial charge in [0, 0.05) is 11.3 Å². The van der Waals surface area contributed by atoms with Crippen LogP contribution < -0.4 is 5.32 Å². The quantitative estimate of drug-likeness (QED) is 0.492. The summed E-state index contributed by atoms with van der Waals surface area (Å²) in [6, 6.07) is 15.9. The van der Waals surface area contributed by atoms with Gasteiger partial charge in [-0.2, -0.15) is 0 Å². The van der Waals surface area contributed by atoms with Gasteiger partial charge in [-0.25, -0.2) is 15.0 Å². The number of aliphatic hydroxyl groups is 2. The largest absolute Gasteiger partial charge is 0.393 e. The van der Waals surface area contributed by atoms with Crippen molar-refractivity contribution in [2.75, 3.05) is 11.9 Å². The van der Waals surface area contributed by atoms with Crippen LogP contribution in [-0.2, 0) is 0 Å². The number of hydrogen-bond acceptors (Lipinski definition) is 6. The van der Waals surface area contributed by atoms with E-state index >= 15 is 0 Å². The summed E-state index contributed by atoms with van der Waals surface area (Å²) in [5.41, 5.74) is 2.91. The highest BCUT2D eigenvalue weighted by atomic mass is 16.3. The number of benzene rings is 2. The molecule has 2 aromatic heterocycles. The number of imidazole rings is 1. The van der Waals surface area contributed by atoms with Gasteiger partial charge in [0.15, 0.2) is 17.0 Å². The summed E-state index contributed by atoms with van der Waals surface area (Å²) in [5.74, 6) is 0.0439. The molecule has 0 aliphatic heterocycles. The minimum Gasteiger partial charge on any atom is -0.393 e. The molecule has 1 atom stereocenters. The molecule has 0 saturated heterocycles. The molecule has 8 heteroatoms. The number of aromatic nitrogens is 4. The molecule has 0 unspecified atom stereocenters. The Morgan fingerprint density at radius 1 is 1.04 bits per heavy atom. The molecule has 0 fully saturated rings. The first kappa shape index (κ1) is 17.8. The number of carbonyl (C=O) groups excluding carboxylic acids is 1. The molecule has 140 valence electrons. The van der Waals surface area contributed by atoms with E-state index in [0.29, 0.717) is 28.1 Å². The molecule has 0 radical (unpaired) electrons. The number of amides is 1. The highest BCUT2D eigenvalue weighted by Gasteiger charge is 2.15. The molecule has 28 heavy (non-hydrogen) atoms. The van der Waals surface area contributed by atoms with E-state index in [0.717, 1.165) is 5.69 Å². The van der Waals surface area contributed by atoms with Gasteiger partial charge in [0.25, 0.3) is 5.91 Å². The lowest BCUT2D eigenvalue weighted by atomic mass is 10.1. The maximum Gasteiger partial charge on any atom is 0.256 e. The van der Waals surface area contributed by atoms with E-state index in [-0.39, 0.29) is 12.5 Å². The van der Waals surface area contributed by atoms with E-state index in [1.165, 1.54) is 6.33 Å². The minimum atomic E-state index is -0.921. The Balaban J connectivity index is 1.66. The van der Waals surface area contributed by atoms with Gasteiger partial charge in [0.1, 0.15) is 18.8 Å². The number of nitrogens with zero attached hydrogens (tertiary/aromatic N) is 4. The standard InChI is InChI=1S/C20H17N5O3/c26-10-16(27)13-6-8-15(9-7-13)25-12-23-17-18(21-11-22-19(17)25)24-20(28)14-4-2-1-3-5-14/h1-9,11-12,16,26-27H,10H2,(H,21,22,24,28)/t16-/m1/s1. The van der Waals surface area contributed by atoms with Crippen molar-refractivity contribution in [3.8, 4) is 5.69 Å². The average molecular weight is 375 g/mol. The fraction of sp³-hybridized carbons (Fsp3) is 0.100. The van der Waals surface area contributed by atoms with Crippen LogP contribution in [0, 0.1) is 0 Å². The monoisotopic (exact) mass is 375 g/mol. The van der Waals surface area contributed by atoms with Crippen molar-refractivity contribution < 1.29 is 15.0 Å². The van der Waals surface area contributed by atoms with Gasteiger partial charge in [-0.1, -0.05) is 30.3 Å². The van der Waals surface area contributed by atoms with E-state index < -0.39 is 6.10 Å². The molecular formula is C20H17N5O3. The summed E-state index contributed by atoms with van der Waals surface area (Å²) in [4.78, 5) is 25.2. The fourth-order valence-electron chi connectivity index (χ4n) is 2.85. The summed E-state index contributed by atoms with van der Waals surface area (Å²) >= 11 is 0. The van der Waals surface area contributed by atoms with Crippen LogP contribution in [0.1, 0.15) is 22.0 Å². The lowest BCUT2D eigenvalue weighted by Crippen LogP contribution is -2.13. The molecule has 2 aromatic carbocycles. The fourth-order valence-corrected chi connectivity index (χ4v) is 2.85. The molecule has 0 bridgehead atoms. The third kappa shape index (κ3) is 3.34. The summed E-state index contributed by atoms with van der Waals surface area (Å²) < 4.78 is 1.75. The number of aliphatic hydroxyl groups excluding tert-OH is 2. The number of anilines is 1. The third-order valence-corrected chi connectivity index (χ3v) is 4.33. The third-order valence-electron chi connectivity index (χ3n) is 4.33. The Morgan fingerprint density at radius 2 is 1.79 bits per heavy atom. The lowest BCUT2D eigenvalue weighted by Gasteiger charge is -2.09. The zero-order valence-corrected chi connectivity index (χ0v) is 14.7. The predicted octanol–water partition coefficient (Wildman–Crippen LogP) is 2.09. The van der Waals surface area contributed by atoms with E-state index in [2.05, 4.69) is 20.3 Å². The smallest absolute Gasteiger partial charge is 0.256 e. The zero-order chi connectivity index (χ0) is 19.5. The summed E-state index contributed by atoms with van der Waals surface area (Å²) in [5, 5.41) is 21.5. The normalized spacial score (nSPS) is 12.1. The number of rotatable bonds is 5. The van der Waals surface area contributed by atoms with Gasteiger partial charge in [-0.05, 0) is 29.8 Å². The molecule has 0 saturated carbocycles.